The third kappa shape index (κ3) is 3.57. The first-order chi connectivity index (χ1) is 8.89. The molecule has 5 nitrogen and oxygen atoms in total. The van der Waals surface area contributed by atoms with Crippen LogP contribution in [-0.4, -0.2) is 29.5 Å². The molecular formula is C13H23N3O2S. The van der Waals surface area contributed by atoms with E-state index >= 15 is 0 Å². The van der Waals surface area contributed by atoms with Crippen molar-refractivity contribution in [2.45, 2.75) is 45.2 Å². The molecule has 1 atom stereocenters. The molecule has 1 saturated heterocycles. The van der Waals surface area contributed by atoms with Crippen LogP contribution < -0.4 is 5.73 Å². The van der Waals surface area contributed by atoms with Crippen molar-refractivity contribution in [1.82, 2.24) is 9.55 Å². The maximum Gasteiger partial charge on any atom is 0.150 e. The van der Waals surface area contributed by atoms with Gasteiger partial charge in [-0.05, 0) is 25.2 Å². The van der Waals surface area contributed by atoms with Crippen molar-refractivity contribution in [1.29, 1.82) is 0 Å². The molecule has 19 heavy (non-hydrogen) atoms. The summed E-state index contributed by atoms with van der Waals surface area (Å²) in [6.45, 7) is 4.29. The van der Waals surface area contributed by atoms with E-state index in [-0.39, 0.29) is 23.6 Å². The summed E-state index contributed by atoms with van der Waals surface area (Å²) in [7, 11) is -2.82. The van der Waals surface area contributed by atoms with E-state index in [4.69, 9.17) is 5.73 Å². The number of hydrogen-bond acceptors (Lipinski definition) is 4. The van der Waals surface area contributed by atoms with E-state index in [1.807, 2.05) is 6.20 Å². The molecule has 0 saturated carbocycles. The Hall–Kier alpha value is -0.880. The van der Waals surface area contributed by atoms with Crippen molar-refractivity contribution in [2.24, 2.45) is 11.7 Å². The van der Waals surface area contributed by atoms with Gasteiger partial charge < -0.3 is 10.3 Å². The molecule has 2 rings (SSSR count). The largest absolute Gasteiger partial charge is 0.330 e. The van der Waals surface area contributed by atoms with Crippen molar-refractivity contribution in [2.75, 3.05) is 11.5 Å². The van der Waals surface area contributed by atoms with Gasteiger partial charge in [-0.2, -0.15) is 0 Å². The molecule has 2 heterocycles. The smallest absolute Gasteiger partial charge is 0.150 e. The molecule has 0 spiro atoms. The normalized spacial score (nSPS) is 21.7. The van der Waals surface area contributed by atoms with Gasteiger partial charge in [0.2, 0.25) is 0 Å². The first-order valence-corrected chi connectivity index (χ1v) is 8.69. The van der Waals surface area contributed by atoms with Crippen LogP contribution in [0.15, 0.2) is 12.5 Å². The molecule has 1 aromatic heterocycles. The standard InChI is InChI=1S/C13H23N3O2S/c1-10(2)7-12(14)13-8-15-9-16(13)11-3-5-19(17,18)6-4-11/h8-12H,3-7,14H2,1-2H3. The Labute approximate surface area is 115 Å². The molecule has 1 aliphatic heterocycles. The first-order valence-electron chi connectivity index (χ1n) is 6.87. The van der Waals surface area contributed by atoms with Gasteiger partial charge in [0.05, 0.1) is 23.5 Å². The average Bonchev–Trinajstić information content (AvgIpc) is 2.77. The van der Waals surface area contributed by atoms with E-state index in [9.17, 15) is 8.42 Å². The number of rotatable bonds is 4. The van der Waals surface area contributed by atoms with Gasteiger partial charge in [0.25, 0.3) is 0 Å². The molecule has 0 radical (unpaired) electrons. The average molecular weight is 285 g/mol. The van der Waals surface area contributed by atoms with E-state index in [1.165, 1.54) is 0 Å². The molecule has 0 bridgehead atoms. The van der Waals surface area contributed by atoms with Gasteiger partial charge >= 0.3 is 0 Å². The fourth-order valence-corrected chi connectivity index (χ4v) is 4.16. The summed E-state index contributed by atoms with van der Waals surface area (Å²) in [5.41, 5.74) is 7.25. The number of hydrogen-bond donors (Lipinski definition) is 1. The third-order valence-electron chi connectivity index (χ3n) is 3.72. The van der Waals surface area contributed by atoms with Crippen molar-refractivity contribution in [3.8, 4) is 0 Å². The molecule has 2 N–H and O–H groups in total. The van der Waals surface area contributed by atoms with Crippen LogP contribution in [0.2, 0.25) is 0 Å². The van der Waals surface area contributed by atoms with E-state index in [0.717, 1.165) is 12.1 Å². The summed E-state index contributed by atoms with van der Waals surface area (Å²) in [5.74, 6) is 1.08. The Morgan fingerprint density at radius 3 is 2.63 bits per heavy atom. The zero-order chi connectivity index (χ0) is 14.0. The van der Waals surface area contributed by atoms with Crippen LogP contribution in [0.5, 0.6) is 0 Å². The highest BCUT2D eigenvalue weighted by Gasteiger charge is 2.26. The number of nitrogens with two attached hydrogens (primary N) is 1. The molecule has 0 aliphatic carbocycles. The van der Waals surface area contributed by atoms with Gasteiger partial charge in [-0.1, -0.05) is 13.8 Å². The monoisotopic (exact) mass is 285 g/mol. The second-order valence-electron chi connectivity index (χ2n) is 5.84. The van der Waals surface area contributed by atoms with Gasteiger partial charge in [-0.15, -0.1) is 0 Å². The predicted molar refractivity (Wildman–Crippen MR) is 75.5 cm³/mol. The first kappa shape index (κ1) is 14.5. The van der Waals surface area contributed by atoms with Gasteiger partial charge in [0.15, 0.2) is 0 Å². The summed E-state index contributed by atoms with van der Waals surface area (Å²) < 4.78 is 25.0. The van der Waals surface area contributed by atoms with Crippen LogP contribution >= 0.6 is 0 Å². The van der Waals surface area contributed by atoms with Crippen LogP contribution in [-0.2, 0) is 9.84 Å². The van der Waals surface area contributed by atoms with Gasteiger partial charge in [0, 0.05) is 18.3 Å². The topological polar surface area (TPSA) is 78.0 Å². The maximum absolute atomic E-state index is 11.5. The molecule has 1 unspecified atom stereocenters. The number of aromatic nitrogens is 2. The van der Waals surface area contributed by atoms with Crippen LogP contribution in [0, 0.1) is 5.92 Å². The fourth-order valence-electron chi connectivity index (χ4n) is 2.69. The molecule has 6 heteroatoms. The highest BCUT2D eigenvalue weighted by molar-refractivity contribution is 7.91. The molecular weight excluding hydrogens is 262 g/mol. The fraction of sp³-hybridized carbons (Fsp3) is 0.769. The molecule has 108 valence electrons. The zero-order valence-corrected chi connectivity index (χ0v) is 12.4. The minimum absolute atomic E-state index is 0.0268. The zero-order valence-electron chi connectivity index (χ0n) is 11.6. The predicted octanol–water partition coefficient (Wildman–Crippen LogP) is 1.68. The summed E-state index contributed by atoms with van der Waals surface area (Å²) in [5, 5.41) is 0. The Bertz CT molecular complexity index is 508. The van der Waals surface area contributed by atoms with Crippen LogP contribution in [0.1, 0.15) is 50.9 Å². The minimum Gasteiger partial charge on any atom is -0.330 e. The van der Waals surface area contributed by atoms with Crippen molar-refractivity contribution in [3.05, 3.63) is 18.2 Å². The van der Waals surface area contributed by atoms with Crippen LogP contribution in [0.3, 0.4) is 0 Å². The van der Waals surface area contributed by atoms with Crippen LogP contribution in [0.25, 0.3) is 0 Å². The van der Waals surface area contributed by atoms with Gasteiger partial charge in [-0.3, -0.25) is 0 Å². The summed E-state index contributed by atoms with van der Waals surface area (Å²) in [4.78, 5) is 4.20. The summed E-state index contributed by atoms with van der Waals surface area (Å²) in [6, 6.07) is 0.195. The van der Waals surface area contributed by atoms with Crippen LogP contribution in [0.4, 0.5) is 0 Å². The quantitative estimate of drug-likeness (QED) is 0.913. The Morgan fingerprint density at radius 1 is 1.42 bits per heavy atom. The highest BCUT2D eigenvalue weighted by Crippen LogP contribution is 2.28. The van der Waals surface area contributed by atoms with E-state index in [0.29, 0.717) is 18.8 Å². The lowest BCUT2D eigenvalue weighted by Crippen LogP contribution is -2.27. The Morgan fingerprint density at radius 2 is 2.05 bits per heavy atom. The second kappa shape index (κ2) is 5.63. The number of nitrogens with zero attached hydrogens (tertiary/aromatic N) is 2. The molecule has 1 aromatic rings. The molecule has 1 fully saturated rings. The van der Waals surface area contributed by atoms with Crippen molar-refractivity contribution >= 4 is 9.84 Å². The number of sulfone groups is 1. The molecule has 0 aromatic carbocycles. The third-order valence-corrected chi connectivity index (χ3v) is 5.43. The summed E-state index contributed by atoms with van der Waals surface area (Å²) >= 11 is 0. The summed E-state index contributed by atoms with van der Waals surface area (Å²) in [6.07, 6.45) is 5.85. The second-order valence-corrected chi connectivity index (χ2v) is 8.15. The Balaban J connectivity index is 2.12. The number of imidazole rings is 1. The highest BCUT2D eigenvalue weighted by atomic mass is 32.2. The minimum atomic E-state index is -2.82. The lowest BCUT2D eigenvalue weighted by atomic mass is 10.0. The lowest BCUT2D eigenvalue weighted by Gasteiger charge is -2.26. The van der Waals surface area contributed by atoms with Gasteiger partial charge in [-0.25, -0.2) is 13.4 Å². The van der Waals surface area contributed by atoms with E-state index < -0.39 is 9.84 Å². The van der Waals surface area contributed by atoms with Crippen molar-refractivity contribution in [3.63, 3.8) is 0 Å². The molecule has 0 amide bonds. The lowest BCUT2D eigenvalue weighted by molar-refractivity contribution is 0.412. The Kier molecular flexibility index (Phi) is 4.30. The SMILES string of the molecule is CC(C)CC(N)c1cncn1C1CCS(=O)(=O)CC1. The maximum atomic E-state index is 11.5. The van der Waals surface area contributed by atoms with E-state index in [1.54, 1.807) is 6.33 Å². The van der Waals surface area contributed by atoms with Crippen molar-refractivity contribution < 1.29 is 8.42 Å². The molecule has 1 aliphatic rings. The van der Waals surface area contributed by atoms with Gasteiger partial charge in [0.1, 0.15) is 9.84 Å². The van der Waals surface area contributed by atoms with E-state index in [2.05, 4.69) is 23.4 Å².